The monoisotopic (exact) mass is 958 g/mol. The van der Waals surface area contributed by atoms with Crippen LogP contribution in [-0.4, -0.2) is 85.5 Å². The molecule has 0 saturated carbocycles. The second-order valence-electron chi connectivity index (χ2n) is 16.7. The number of hydrogen-bond donors (Lipinski definition) is 2. The number of imide groups is 1. The molecule has 3 aliphatic rings. The highest BCUT2D eigenvalue weighted by Gasteiger charge is 2.43. The topological polar surface area (TPSA) is 249 Å². The van der Waals surface area contributed by atoms with Crippen molar-refractivity contribution < 1.29 is 62.7 Å². The van der Waals surface area contributed by atoms with Crippen molar-refractivity contribution in [2.75, 3.05) is 23.0 Å². The number of rotatable bonds is 17. The summed E-state index contributed by atoms with van der Waals surface area (Å²) < 4.78 is 103. The van der Waals surface area contributed by atoms with Crippen molar-refractivity contribution in [3.8, 4) is 0 Å². The van der Waals surface area contributed by atoms with Crippen molar-refractivity contribution in [3.63, 3.8) is 0 Å². The highest BCUT2D eigenvalue weighted by atomic mass is 35.5. The first kappa shape index (κ1) is 48.4. The SMILES string of the molecule is CC1(C)C(=CC=C(C=CC2=Nc3c(cc(Cl)c[n+]3CCCS(=O)(=O)O)C2(C)C)c2cccc(CCC(=O)ON3C(=O)CCC3=O)c2)N(CCCS(=O)(=O)O)c2ccc(S(=O)(=O)[O-])cc21. The first-order valence-corrected chi connectivity index (χ1v) is 25.1. The molecule has 1 aromatic heterocycles. The molecule has 0 atom stereocenters. The fraction of sp³-hybridized carbons (Fsp3) is 0.372. The number of anilines is 1. The van der Waals surface area contributed by atoms with Crippen LogP contribution in [0.3, 0.4) is 0 Å². The highest BCUT2D eigenvalue weighted by molar-refractivity contribution is 7.86. The van der Waals surface area contributed by atoms with Crippen LogP contribution >= 0.6 is 11.6 Å². The average Bonchev–Trinajstić information content (AvgIpc) is 3.72. The fourth-order valence-corrected chi connectivity index (χ4v) is 9.63. The number of allylic oxidation sites excluding steroid dienone is 6. The van der Waals surface area contributed by atoms with Crippen LogP contribution in [0, 0.1) is 0 Å². The molecule has 1 fully saturated rings. The molecule has 1 saturated heterocycles. The molecule has 2 aromatic carbocycles. The number of nitrogens with zero attached hydrogens (tertiary/aromatic N) is 4. The van der Waals surface area contributed by atoms with Gasteiger partial charge in [-0.05, 0) is 90.4 Å². The van der Waals surface area contributed by atoms with Gasteiger partial charge in [0.1, 0.15) is 16.3 Å². The third kappa shape index (κ3) is 11.2. The molecule has 2 amide bonds. The Morgan fingerprint density at radius 2 is 1.59 bits per heavy atom. The van der Waals surface area contributed by atoms with E-state index >= 15 is 0 Å². The zero-order valence-corrected chi connectivity index (χ0v) is 38.6. The van der Waals surface area contributed by atoms with E-state index in [-0.39, 0.29) is 51.6 Å². The first-order chi connectivity index (χ1) is 29.7. The van der Waals surface area contributed by atoms with Gasteiger partial charge < -0.3 is 14.3 Å². The molecule has 0 radical (unpaired) electrons. The Kier molecular flexibility index (Phi) is 13.9. The number of carbonyl (C=O) groups is 3. The molecule has 4 heterocycles. The lowest BCUT2D eigenvalue weighted by Gasteiger charge is -2.27. The summed E-state index contributed by atoms with van der Waals surface area (Å²) in [7, 11) is -13.3. The summed E-state index contributed by atoms with van der Waals surface area (Å²) in [5.41, 5.74) is 3.41. The molecule has 0 unspecified atom stereocenters. The molecule has 64 heavy (non-hydrogen) atoms. The molecule has 21 heteroatoms. The summed E-state index contributed by atoms with van der Waals surface area (Å²) in [6.07, 6.45) is 8.94. The van der Waals surface area contributed by atoms with E-state index in [1.54, 1.807) is 41.1 Å². The van der Waals surface area contributed by atoms with Crippen LogP contribution in [0.1, 0.15) is 82.1 Å². The van der Waals surface area contributed by atoms with Gasteiger partial charge in [-0.15, -0.1) is 5.06 Å². The summed E-state index contributed by atoms with van der Waals surface area (Å²) in [6.45, 7) is 7.86. The van der Waals surface area contributed by atoms with Crippen LogP contribution in [-0.2, 0) is 73.4 Å². The molecule has 0 aliphatic carbocycles. The van der Waals surface area contributed by atoms with Gasteiger partial charge in [0, 0.05) is 42.6 Å². The van der Waals surface area contributed by atoms with Gasteiger partial charge >= 0.3 is 11.8 Å². The largest absolute Gasteiger partial charge is 0.744 e. The van der Waals surface area contributed by atoms with Crippen molar-refractivity contribution in [1.82, 2.24) is 5.06 Å². The van der Waals surface area contributed by atoms with Gasteiger partial charge in [0.15, 0.2) is 5.71 Å². The van der Waals surface area contributed by atoms with E-state index in [1.165, 1.54) is 18.2 Å². The number of amides is 2. The maximum Gasteiger partial charge on any atom is 0.333 e. The normalized spacial score (nSPS) is 18.0. The summed E-state index contributed by atoms with van der Waals surface area (Å²) in [5, 5.41) is 0.889. The number of fused-ring (bicyclic) bond motifs is 2. The van der Waals surface area contributed by atoms with E-state index in [1.807, 2.05) is 56.9 Å². The molecule has 0 bridgehead atoms. The molecule has 342 valence electrons. The number of aryl methyl sites for hydroxylation is 2. The van der Waals surface area contributed by atoms with Gasteiger partial charge in [-0.3, -0.25) is 18.7 Å². The average molecular weight is 960 g/mol. The van der Waals surface area contributed by atoms with E-state index in [0.717, 1.165) is 5.56 Å². The number of aliphatic imine (C=N–C) groups is 1. The third-order valence-corrected chi connectivity index (χ3v) is 13.9. The van der Waals surface area contributed by atoms with E-state index in [9.17, 15) is 53.3 Å². The van der Waals surface area contributed by atoms with Crippen molar-refractivity contribution in [1.29, 1.82) is 0 Å². The fourth-order valence-electron chi connectivity index (χ4n) is 7.91. The van der Waals surface area contributed by atoms with E-state index in [4.69, 9.17) is 21.4 Å². The minimum absolute atomic E-state index is 0.00360. The molecule has 17 nitrogen and oxygen atoms in total. The minimum Gasteiger partial charge on any atom is -0.744 e. The number of benzene rings is 2. The number of pyridine rings is 1. The third-order valence-electron chi connectivity index (χ3n) is 11.3. The Bertz CT molecular complexity index is 2870. The summed E-state index contributed by atoms with van der Waals surface area (Å²) in [5.74, 6) is -2.40. The van der Waals surface area contributed by atoms with Gasteiger partial charge in [-0.1, -0.05) is 61.9 Å². The highest BCUT2D eigenvalue weighted by Crippen LogP contribution is 2.49. The standard InChI is InChI=1S/C43H47ClN4O13S3/c1-42(2)34-25-31(44)27-46(20-6-22-62(52,53)54)41(34)45-36(42)15-11-29(30-9-5-8-28(24-30)10-19-40(51)61-48-38(49)17-18-39(48)50)12-16-37-43(3,4)33-26-32(64(58,59)60)13-14-35(33)47(37)21-7-23-63(55,56)57/h5,8-9,11-16,24-27H,6-7,10,17-23H2,1-4H3,(H2-,52,53,54,55,56,57,58,59,60). The molecule has 3 aliphatic heterocycles. The summed E-state index contributed by atoms with van der Waals surface area (Å²) in [4.78, 5) is 48.1. The van der Waals surface area contributed by atoms with Crippen molar-refractivity contribution in [2.24, 2.45) is 4.99 Å². The number of hydroxylamine groups is 2. The lowest BCUT2D eigenvalue weighted by atomic mass is 9.81. The maximum absolute atomic E-state index is 12.7. The van der Waals surface area contributed by atoms with Crippen molar-refractivity contribution >= 4 is 82.5 Å². The maximum atomic E-state index is 12.7. The van der Waals surface area contributed by atoms with Gasteiger partial charge in [-0.2, -0.15) is 16.8 Å². The van der Waals surface area contributed by atoms with Crippen LogP contribution in [0.5, 0.6) is 0 Å². The minimum atomic E-state index is -4.83. The van der Waals surface area contributed by atoms with E-state index in [0.29, 0.717) is 55.3 Å². The Morgan fingerprint density at radius 1 is 0.922 bits per heavy atom. The van der Waals surface area contributed by atoms with Gasteiger partial charge in [0.25, 0.3) is 32.1 Å². The lowest BCUT2D eigenvalue weighted by Crippen LogP contribution is -2.36. The number of carbonyl (C=O) groups excluding carboxylic acids is 3. The Hall–Kier alpha value is -5.09. The first-order valence-electron chi connectivity index (χ1n) is 20.1. The van der Waals surface area contributed by atoms with Crippen LogP contribution < -0.4 is 9.47 Å². The molecule has 6 rings (SSSR count). The van der Waals surface area contributed by atoms with Crippen molar-refractivity contribution in [2.45, 2.75) is 88.5 Å². The van der Waals surface area contributed by atoms with Gasteiger partial charge in [-0.25, -0.2) is 17.8 Å². The quantitative estimate of drug-likeness (QED) is 0.0753. The zero-order valence-electron chi connectivity index (χ0n) is 35.4. The predicted molar refractivity (Wildman–Crippen MR) is 236 cm³/mol. The Morgan fingerprint density at radius 3 is 2.25 bits per heavy atom. The molecular formula is C43H47ClN4O13S3. The second-order valence-corrected chi connectivity index (χ2v) is 21.6. The molecule has 2 N–H and O–H groups in total. The molecular weight excluding hydrogens is 912 g/mol. The summed E-state index contributed by atoms with van der Waals surface area (Å²) in [6, 6.07) is 13.0. The number of halogens is 1. The predicted octanol–water partition coefficient (Wildman–Crippen LogP) is 5.31. The van der Waals surface area contributed by atoms with Crippen LogP contribution in [0.2, 0.25) is 5.02 Å². The number of hydrogen-bond acceptors (Lipinski definition) is 13. The second kappa shape index (κ2) is 18.4. The van der Waals surface area contributed by atoms with Gasteiger partial charge in [0.05, 0.1) is 45.4 Å². The molecule has 0 spiro atoms. The van der Waals surface area contributed by atoms with Crippen LogP contribution in [0.4, 0.5) is 11.5 Å². The zero-order chi connectivity index (χ0) is 47.0. The number of aromatic nitrogens is 1. The van der Waals surface area contributed by atoms with Crippen molar-refractivity contribution in [3.05, 3.63) is 112 Å². The smallest absolute Gasteiger partial charge is 0.333 e. The van der Waals surface area contributed by atoms with Gasteiger partial charge in [0.2, 0.25) is 0 Å². The lowest BCUT2D eigenvalue weighted by molar-refractivity contribution is -0.684. The molecule has 3 aromatic rings. The van der Waals surface area contributed by atoms with E-state index in [2.05, 4.69) is 0 Å². The Balaban J connectivity index is 1.42. The summed E-state index contributed by atoms with van der Waals surface area (Å²) >= 11 is 6.53. The van der Waals surface area contributed by atoms with E-state index < -0.39 is 75.4 Å². The Labute approximate surface area is 377 Å². The van der Waals surface area contributed by atoms with Crippen LogP contribution in [0.15, 0.2) is 94.6 Å². The van der Waals surface area contributed by atoms with Crippen LogP contribution in [0.25, 0.3) is 5.57 Å².